The van der Waals surface area contributed by atoms with E-state index in [4.69, 9.17) is 5.26 Å². The van der Waals surface area contributed by atoms with Gasteiger partial charge in [-0.1, -0.05) is 18.2 Å². The van der Waals surface area contributed by atoms with Crippen LogP contribution in [0.4, 0.5) is 11.4 Å². The van der Waals surface area contributed by atoms with Crippen LogP contribution in [-0.4, -0.2) is 4.92 Å². The number of anilines is 1. The van der Waals surface area contributed by atoms with Gasteiger partial charge in [-0.3, -0.25) is 10.1 Å². The second-order valence-electron chi connectivity index (χ2n) is 4.05. The summed E-state index contributed by atoms with van der Waals surface area (Å²) < 4.78 is 0.730. The average molecular weight is 332 g/mol. The number of nitrogens with zero attached hydrogens (tertiary/aromatic N) is 2. The highest BCUT2D eigenvalue weighted by Gasteiger charge is 2.07. The highest BCUT2D eigenvalue weighted by molar-refractivity contribution is 9.10. The van der Waals surface area contributed by atoms with Gasteiger partial charge in [0.25, 0.3) is 5.69 Å². The molecule has 0 fully saturated rings. The first-order chi connectivity index (χ1) is 9.61. The number of hydrogen-bond donors (Lipinski definition) is 1. The molecule has 0 aliphatic heterocycles. The Bertz CT molecular complexity index is 678. The molecule has 1 N–H and O–H groups in total. The number of benzene rings is 2. The summed E-state index contributed by atoms with van der Waals surface area (Å²) in [5, 5.41) is 22.8. The van der Waals surface area contributed by atoms with E-state index in [1.807, 2.05) is 12.1 Å². The van der Waals surface area contributed by atoms with Crippen molar-refractivity contribution in [2.45, 2.75) is 6.54 Å². The van der Waals surface area contributed by atoms with Gasteiger partial charge in [-0.25, -0.2) is 0 Å². The lowest BCUT2D eigenvalue weighted by Gasteiger charge is -2.09. The van der Waals surface area contributed by atoms with Crippen molar-refractivity contribution in [1.29, 1.82) is 5.26 Å². The number of rotatable bonds is 4. The van der Waals surface area contributed by atoms with Gasteiger partial charge < -0.3 is 5.32 Å². The van der Waals surface area contributed by atoms with Crippen LogP contribution in [0.15, 0.2) is 46.9 Å². The number of nitro groups is 1. The molecule has 0 aromatic heterocycles. The first-order valence-electron chi connectivity index (χ1n) is 5.77. The summed E-state index contributed by atoms with van der Waals surface area (Å²) in [6.07, 6.45) is 0. The van der Waals surface area contributed by atoms with Gasteiger partial charge in [-0.05, 0) is 33.6 Å². The number of nitriles is 1. The Balaban J connectivity index is 2.11. The lowest BCUT2D eigenvalue weighted by molar-refractivity contribution is -0.384. The smallest absolute Gasteiger partial charge is 0.269 e. The second-order valence-corrected chi connectivity index (χ2v) is 4.91. The van der Waals surface area contributed by atoms with Gasteiger partial charge in [-0.15, -0.1) is 0 Å². The van der Waals surface area contributed by atoms with Crippen molar-refractivity contribution in [2.24, 2.45) is 0 Å². The van der Waals surface area contributed by atoms with Crippen LogP contribution >= 0.6 is 15.9 Å². The third kappa shape index (κ3) is 3.13. The Labute approximate surface area is 124 Å². The molecule has 0 saturated heterocycles. The average Bonchev–Trinajstić information content (AvgIpc) is 2.45. The van der Waals surface area contributed by atoms with Gasteiger partial charge in [0.2, 0.25) is 0 Å². The molecule has 0 aliphatic carbocycles. The van der Waals surface area contributed by atoms with Crippen LogP contribution in [0.25, 0.3) is 0 Å². The third-order valence-electron chi connectivity index (χ3n) is 2.76. The maximum absolute atomic E-state index is 10.6. The van der Waals surface area contributed by atoms with Crippen molar-refractivity contribution < 1.29 is 4.92 Å². The highest BCUT2D eigenvalue weighted by Crippen LogP contribution is 2.24. The van der Waals surface area contributed by atoms with Gasteiger partial charge in [0, 0.05) is 23.2 Å². The molecule has 0 amide bonds. The van der Waals surface area contributed by atoms with Crippen LogP contribution in [0.5, 0.6) is 0 Å². The van der Waals surface area contributed by atoms with Crippen LogP contribution in [-0.2, 0) is 6.54 Å². The molecule has 2 aromatic carbocycles. The fourth-order valence-corrected chi connectivity index (χ4v) is 2.17. The number of nitrogens with one attached hydrogen (secondary N) is 1. The van der Waals surface area contributed by atoms with E-state index in [0.717, 1.165) is 15.7 Å². The summed E-state index contributed by atoms with van der Waals surface area (Å²) in [6, 6.07) is 13.9. The molecule has 0 saturated carbocycles. The minimum absolute atomic E-state index is 0.0638. The largest absolute Gasteiger partial charge is 0.380 e. The molecule has 2 aromatic rings. The van der Waals surface area contributed by atoms with Crippen molar-refractivity contribution >= 4 is 27.3 Å². The summed E-state index contributed by atoms with van der Waals surface area (Å²) in [6.45, 7) is 0.489. The Morgan fingerprint density at radius 1 is 1.25 bits per heavy atom. The Hall–Kier alpha value is -2.39. The van der Waals surface area contributed by atoms with Crippen molar-refractivity contribution in [3.63, 3.8) is 0 Å². The van der Waals surface area contributed by atoms with Crippen molar-refractivity contribution in [3.05, 3.63) is 68.2 Å². The predicted octanol–water partition coefficient (Wildman–Crippen LogP) is 3.84. The van der Waals surface area contributed by atoms with E-state index >= 15 is 0 Å². The maximum Gasteiger partial charge on any atom is 0.269 e. The fourth-order valence-electron chi connectivity index (χ4n) is 1.72. The lowest BCUT2D eigenvalue weighted by Crippen LogP contribution is -2.01. The van der Waals surface area contributed by atoms with Crippen LogP contribution in [0.2, 0.25) is 0 Å². The molecule has 20 heavy (non-hydrogen) atoms. The summed E-state index contributed by atoms with van der Waals surface area (Å²) in [5.74, 6) is 0. The van der Waals surface area contributed by atoms with Gasteiger partial charge in [-0.2, -0.15) is 5.26 Å². The van der Waals surface area contributed by atoms with Gasteiger partial charge >= 0.3 is 0 Å². The molecule has 0 atom stereocenters. The summed E-state index contributed by atoms with van der Waals surface area (Å²) in [7, 11) is 0. The maximum atomic E-state index is 10.6. The van der Waals surface area contributed by atoms with Crippen LogP contribution in [0, 0.1) is 21.4 Å². The zero-order chi connectivity index (χ0) is 14.5. The first kappa shape index (κ1) is 14.0. The molecule has 0 radical (unpaired) electrons. The Morgan fingerprint density at radius 2 is 1.95 bits per heavy atom. The Kier molecular flexibility index (Phi) is 4.33. The topological polar surface area (TPSA) is 79.0 Å². The minimum atomic E-state index is -0.431. The summed E-state index contributed by atoms with van der Waals surface area (Å²) in [5.41, 5.74) is 2.23. The Morgan fingerprint density at radius 3 is 2.55 bits per heavy atom. The zero-order valence-electron chi connectivity index (χ0n) is 10.3. The van der Waals surface area contributed by atoms with E-state index in [1.165, 1.54) is 12.1 Å². The fraction of sp³-hybridized carbons (Fsp3) is 0.0714. The van der Waals surface area contributed by atoms with E-state index in [2.05, 4.69) is 27.3 Å². The second kappa shape index (κ2) is 6.17. The first-order valence-corrected chi connectivity index (χ1v) is 6.57. The molecule has 100 valence electrons. The van der Waals surface area contributed by atoms with Crippen LogP contribution < -0.4 is 5.32 Å². The summed E-state index contributed by atoms with van der Waals surface area (Å²) >= 11 is 3.32. The molecule has 0 aliphatic rings. The van der Waals surface area contributed by atoms with E-state index < -0.39 is 4.92 Å². The monoisotopic (exact) mass is 331 g/mol. The molecule has 0 bridgehead atoms. The van der Waals surface area contributed by atoms with Crippen LogP contribution in [0.3, 0.4) is 0 Å². The van der Waals surface area contributed by atoms with Crippen molar-refractivity contribution in [1.82, 2.24) is 0 Å². The zero-order valence-corrected chi connectivity index (χ0v) is 11.9. The van der Waals surface area contributed by atoms with Gasteiger partial charge in [0.05, 0.1) is 16.2 Å². The third-order valence-corrected chi connectivity index (χ3v) is 3.42. The number of halogens is 1. The van der Waals surface area contributed by atoms with Crippen molar-refractivity contribution in [3.8, 4) is 6.07 Å². The molecule has 0 heterocycles. The SMILES string of the molecule is N#Cc1c(Br)cccc1NCc1ccc([N+](=O)[O-])cc1. The van der Waals surface area contributed by atoms with Gasteiger partial charge in [0.1, 0.15) is 6.07 Å². The van der Waals surface area contributed by atoms with Gasteiger partial charge in [0.15, 0.2) is 0 Å². The number of hydrogen-bond acceptors (Lipinski definition) is 4. The molecule has 6 heteroatoms. The molecular weight excluding hydrogens is 322 g/mol. The normalized spacial score (nSPS) is 9.80. The minimum Gasteiger partial charge on any atom is -0.380 e. The van der Waals surface area contributed by atoms with Crippen molar-refractivity contribution in [2.75, 3.05) is 5.32 Å². The molecular formula is C14H10BrN3O2. The van der Waals surface area contributed by atoms with Crippen LogP contribution in [0.1, 0.15) is 11.1 Å². The number of non-ortho nitro benzene ring substituents is 1. The number of nitro benzene ring substituents is 1. The molecule has 0 unspecified atom stereocenters. The predicted molar refractivity (Wildman–Crippen MR) is 79.3 cm³/mol. The quantitative estimate of drug-likeness (QED) is 0.681. The van der Waals surface area contributed by atoms with E-state index in [9.17, 15) is 10.1 Å². The van der Waals surface area contributed by atoms with E-state index in [-0.39, 0.29) is 5.69 Å². The van der Waals surface area contributed by atoms with E-state index in [0.29, 0.717) is 12.1 Å². The molecule has 2 rings (SSSR count). The van der Waals surface area contributed by atoms with E-state index in [1.54, 1.807) is 18.2 Å². The molecule has 0 spiro atoms. The summed E-state index contributed by atoms with van der Waals surface area (Å²) in [4.78, 5) is 10.1. The molecule has 5 nitrogen and oxygen atoms in total. The standard InChI is InChI=1S/C14H10BrN3O2/c15-13-2-1-3-14(12(13)8-16)17-9-10-4-6-11(7-5-10)18(19)20/h1-7,17H,9H2. The lowest BCUT2D eigenvalue weighted by atomic mass is 10.1. The highest BCUT2D eigenvalue weighted by atomic mass is 79.9.